The van der Waals surface area contributed by atoms with Gasteiger partial charge in [-0.15, -0.1) is 13.2 Å². The fourth-order valence-corrected chi connectivity index (χ4v) is 8.45. The average molecular weight is 1160 g/mol. The van der Waals surface area contributed by atoms with E-state index < -0.39 is 0 Å². The van der Waals surface area contributed by atoms with Gasteiger partial charge in [0.2, 0.25) is 0 Å². The minimum Gasteiger partial charge on any atom is -0.508 e. The summed E-state index contributed by atoms with van der Waals surface area (Å²) in [7, 11) is 3.07. The molecule has 7 aromatic carbocycles. The molecular weight excluding hydrogens is 1060 g/mol. The molecule has 0 aliphatic rings. The minimum absolute atomic E-state index is 0.172. The Hall–Kier alpha value is -7.78. The van der Waals surface area contributed by atoms with Crippen LogP contribution in [0.4, 0.5) is 0 Å². The molecule has 0 aliphatic heterocycles. The number of phenolic OH excluding ortho intramolecular Hbond substituents is 7. The summed E-state index contributed by atoms with van der Waals surface area (Å²) < 4.78 is 9.90. The maximum absolute atomic E-state index is 9.46. The lowest BCUT2D eigenvalue weighted by Gasteiger charge is -2.22. The molecule has 7 rings (SSSR count). The number of ether oxygens (including phenoxy) is 2. The van der Waals surface area contributed by atoms with Crippen LogP contribution in [0.3, 0.4) is 0 Å². The van der Waals surface area contributed by atoms with Crippen LogP contribution in [0.1, 0.15) is 188 Å². The third-order valence-corrected chi connectivity index (χ3v) is 14.2. The van der Waals surface area contributed by atoms with Crippen molar-refractivity contribution in [1.29, 1.82) is 0 Å². The number of hydrogen-bond donors (Lipinski definition) is 7. The van der Waals surface area contributed by atoms with E-state index in [4.69, 9.17) is 24.8 Å². The molecular formula is C76H106O9. The van der Waals surface area contributed by atoms with Crippen LogP contribution < -0.4 is 9.47 Å². The average Bonchev–Trinajstić information content (AvgIpc) is 3.49. The van der Waals surface area contributed by atoms with Crippen molar-refractivity contribution in [3.63, 3.8) is 0 Å². The molecule has 0 fully saturated rings. The van der Waals surface area contributed by atoms with Gasteiger partial charge in [0, 0.05) is 0 Å². The standard InChI is InChI=1S/C13H20O.C12H18O.C11H16O.2C10H12O2.2C10H14O/c1-2-3-4-5-6-7-12-8-10-13(14)11-9-12;1-2-3-4-5-6-11-7-9-12(13)10-8-11;1-4-11(2,3)9-5-7-10(12)8-6-9;2*1-3-4-8-5-6-9(11)10(7-8)12-2;2*1-7(2)9-5-4-8(3)6-10(9)11/h8-11,14H,2-7H2,1H3;7-10,13H,2-6H2,1H3;5-8,12H,4H2,1-3H3;2*3,5-7,11H,1,4H2,2H3;2*4-7,11H,1-3H3. The number of rotatable bonds is 21. The first-order valence-corrected chi connectivity index (χ1v) is 30.4. The molecule has 0 saturated carbocycles. The Bertz CT molecular complexity index is 2770. The van der Waals surface area contributed by atoms with Gasteiger partial charge in [0.1, 0.15) is 28.7 Å². The summed E-state index contributed by atoms with van der Waals surface area (Å²) in [6.45, 7) is 30.6. The first kappa shape index (κ1) is 75.2. The minimum atomic E-state index is 0.172. The molecule has 0 aliphatic carbocycles. The number of hydrogen-bond acceptors (Lipinski definition) is 9. The maximum Gasteiger partial charge on any atom is 0.160 e. The molecule has 0 heterocycles. The van der Waals surface area contributed by atoms with Gasteiger partial charge in [0.15, 0.2) is 23.0 Å². The Morgan fingerprint density at radius 2 is 0.741 bits per heavy atom. The van der Waals surface area contributed by atoms with Crippen LogP contribution in [-0.2, 0) is 31.1 Å². The molecule has 0 amide bonds. The predicted molar refractivity (Wildman–Crippen MR) is 359 cm³/mol. The fourth-order valence-electron chi connectivity index (χ4n) is 8.45. The smallest absolute Gasteiger partial charge is 0.160 e. The van der Waals surface area contributed by atoms with Crippen molar-refractivity contribution in [2.24, 2.45) is 0 Å². The van der Waals surface area contributed by atoms with E-state index in [0.717, 1.165) is 65.5 Å². The number of methoxy groups -OCH3 is 2. The Labute approximate surface area is 513 Å². The second-order valence-electron chi connectivity index (χ2n) is 22.5. The van der Waals surface area contributed by atoms with Crippen LogP contribution in [0.15, 0.2) is 171 Å². The third kappa shape index (κ3) is 32.2. The van der Waals surface area contributed by atoms with Crippen LogP contribution >= 0.6 is 0 Å². The van der Waals surface area contributed by atoms with Crippen molar-refractivity contribution in [2.45, 2.75) is 183 Å². The largest absolute Gasteiger partial charge is 0.508 e. The summed E-state index contributed by atoms with van der Waals surface area (Å²) in [6.07, 6.45) is 20.4. The van der Waals surface area contributed by atoms with Crippen molar-refractivity contribution < 1.29 is 45.2 Å². The molecule has 0 radical (unpaired) electrons. The zero-order valence-corrected chi connectivity index (χ0v) is 53.9. The van der Waals surface area contributed by atoms with Crippen LogP contribution in [0, 0.1) is 13.8 Å². The molecule has 85 heavy (non-hydrogen) atoms. The quantitative estimate of drug-likeness (QED) is 0.0275. The van der Waals surface area contributed by atoms with E-state index in [2.05, 4.69) is 75.5 Å². The highest BCUT2D eigenvalue weighted by Crippen LogP contribution is 2.30. The lowest BCUT2D eigenvalue weighted by Crippen LogP contribution is -2.14. The van der Waals surface area contributed by atoms with E-state index in [1.54, 1.807) is 72.8 Å². The fraction of sp³-hybridized carbons (Fsp3) is 0.395. The number of allylic oxidation sites excluding steroid dienone is 2. The first-order valence-electron chi connectivity index (χ1n) is 30.4. The van der Waals surface area contributed by atoms with Gasteiger partial charge in [-0.1, -0.05) is 192 Å². The van der Waals surface area contributed by atoms with Gasteiger partial charge in [-0.2, -0.15) is 0 Å². The zero-order valence-electron chi connectivity index (χ0n) is 53.9. The monoisotopic (exact) mass is 1160 g/mol. The number of benzene rings is 7. The summed E-state index contributed by atoms with van der Waals surface area (Å²) >= 11 is 0. The van der Waals surface area contributed by atoms with Gasteiger partial charge in [-0.3, -0.25) is 0 Å². The number of aromatic hydroxyl groups is 7. The van der Waals surface area contributed by atoms with Gasteiger partial charge in [-0.25, -0.2) is 0 Å². The van der Waals surface area contributed by atoms with Crippen molar-refractivity contribution in [1.82, 2.24) is 0 Å². The summed E-state index contributed by atoms with van der Waals surface area (Å²) in [5.74, 6) is 4.05. The molecule has 0 aromatic heterocycles. The Morgan fingerprint density at radius 1 is 0.412 bits per heavy atom. The second-order valence-corrected chi connectivity index (χ2v) is 22.5. The van der Waals surface area contributed by atoms with Crippen LogP contribution in [-0.4, -0.2) is 50.0 Å². The van der Waals surface area contributed by atoms with E-state index >= 15 is 0 Å². The van der Waals surface area contributed by atoms with E-state index in [0.29, 0.717) is 52.1 Å². The normalized spacial score (nSPS) is 10.3. The summed E-state index contributed by atoms with van der Waals surface area (Å²) in [5.41, 5.74) is 10.6. The predicted octanol–water partition coefficient (Wildman–Crippen LogP) is 20.4. The molecule has 7 N–H and O–H groups in total. The molecule has 464 valence electrons. The molecule has 0 atom stereocenters. The van der Waals surface area contributed by atoms with Crippen molar-refractivity contribution >= 4 is 0 Å². The highest BCUT2D eigenvalue weighted by Gasteiger charge is 2.17. The van der Waals surface area contributed by atoms with Crippen molar-refractivity contribution in [3.05, 3.63) is 221 Å². The first-order chi connectivity index (χ1) is 40.5. The summed E-state index contributed by atoms with van der Waals surface area (Å²) in [6, 6.07) is 44.7. The number of phenols is 7. The zero-order chi connectivity index (χ0) is 63.7. The molecule has 0 spiro atoms. The number of aryl methyl sites for hydroxylation is 4. The maximum atomic E-state index is 9.46. The Balaban J connectivity index is 0.000000496. The molecule has 9 heteroatoms. The van der Waals surface area contributed by atoms with Gasteiger partial charge >= 0.3 is 0 Å². The van der Waals surface area contributed by atoms with Crippen LogP contribution in [0.5, 0.6) is 51.7 Å². The third-order valence-electron chi connectivity index (χ3n) is 14.2. The highest BCUT2D eigenvalue weighted by atomic mass is 16.5. The molecule has 0 bridgehead atoms. The lowest BCUT2D eigenvalue weighted by atomic mass is 9.82. The lowest BCUT2D eigenvalue weighted by molar-refractivity contribution is 0.373. The van der Waals surface area contributed by atoms with Gasteiger partial charge in [0.05, 0.1) is 14.2 Å². The van der Waals surface area contributed by atoms with E-state index in [-0.39, 0.29) is 16.9 Å². The van der Waals surface area contributed by atoms with E-state index in [9.17, 15) is 20.4 Å². The second kappa shape index (κ2) is 42.9. The summed E-state index contributed by atoms with van der Waals surface area (Å²) in [4.78, 5) is 0. The van der Waals surface area contributed by atoms with Crippen LogP contribution in [0.25, 0.3) is 0 Å². The summed E-state index contributed by atoms with van der Waals surface area (Å²) in [5, 5.41) is 64.7. The van der Waals surface area contributed by atoms with Crippen LogP contribution in [0.2, 0.25) is 0 Å². The number of unbranched alkanes of at least 4 members (excludes halogenated alkanes) is 7. The molecule has 0 saturated heterocycles. The Kier molecular flexibility index (Phi) is 38.0. The van der Waals surface area contributed by atoms with Gasteiger partial charge < -0.3 is 45.2 Å². The molecule has 0 unspecified atom stereocenters. The van der Waals surface area contributed by atoms with E-state index in [1.807, 2.05) is 98.8 Å². The van der Waals surface area contributed by atoms with Gasteiger partial charge in [0.25, 0.3) is 0 Å². The van der Waals surface area contributed by atoms with Crippen molar-refractivity contribution in [3.8, 4) is 51.7 Å². The van der Waals surface area contributed by atoms with E-state index in [1.165, 1.54) is 88.7 Å². The molecule has 7 aromatic rings. The van der Waals surface area contributed by atoms with Gasteiger partial charge in [-0.05, 0) is 199 Å². The Morgan fingerprint density at radius 3 is 1.05 bits per heavy atom. The highest BCUT2D eigenvalue weighted by molar-refractivity contribution is 5.43. The topological polar surface area (TPSA) is 160 Å². The molecule has 9 nitrogen and oxygen atoms in total. The SMILES string of the molecule is C=CCc1ccc(O)c(OC)c1.C=CCc1ccc(O)c(OC)c1.CCC(C)(C)c1ccc(O)cc1.CCCCCCCc1ccc(O)cc1.CCCCCCc1ccc(O)cc1.Cc1ccc(C(C)C)c(O)c1.Cc1ccc(C(C)C)c(O)c1. The van der Waals surface area contributed by atoms with Crippen molar-refractivity contribution in [2.75, 3.05) is 14.2 Å².